The number of anilines is 1. The van der Waals surface area contributed by atoms with E-state index in [0.29, 0.717) is 41.5 Å². The summed E-state index contributed by atoms with van der Waals surface area (Å²) in [5.41, 5.74) is 1.49. The van der Waals surface area contributed by atoms with Crippen LogP contribution in [0.4, 0.5) is 10.2 Å². The number of nitrogens with zero attached hydrogens (tertiary/aromatic N) is 3. The summed E-state index contributed by atoms with van der Waals surface area (Å²) in [6.07, 6.45) is 1.39. The number of ether oxygens (including phenoxy) is 1. The molecule has 0 amide bonds. The van der Waals surface area contributed by atoms with Crippen molar-refractivity contribution in [1.29, 1.82) is 0 Å². The molecule has 1 atom stereocenters. The third kappa shape index (κ3) is 4.03. The molecule has 0 spiro atoms. The Kier molecular flexibility index (Phi) is 5.48. The van der Waals surface area contributed by atoms with Gasteiger partial charge < -0.3 is 10.1 Å². The molecule has 1 aliphatic heterocycles. The second kappa shape index (κ2) is 8.17. The fraction of sp³-hybridized carbons (Fsp3) is 0.300. The molecule has 2 heterocycles. The standard InChI is InChI=1S/C20H20ClFN4O/c21-15-6-4-14(5-7-15)18(26-8-10-27-11-9-26)12-23-20-16-2-1-3-17(22)19(16)24-13-25-20/h1-7,13,18H,8-12H2,(H,23,24,25). The Hall–Kier alpha value is -2.28. The minimum absolute atomic E-state index is 0.129. The number of halogens is 2. The van der Waals surface area contributed by atoms with Crippen molar-refractivity contribution in [2.75, 3.05) is 38.2 Å². The Morgan fingerprint density at radius 1 is 1.11 bits per heavy atom. The van der Waals surface area contributed by atoms with Crippen LogP contribution in [0.3, 0.4) is 0 Å². The smallest absolute Gasteiger partial charge is 0.149 e. The van der Waals surface area contributed by atoms with Gasteiger partial charge in [0.15, 0.2) is 0 Å². The number of benzene rings is 2. The van der Waals surface area contributed by atoms with E-state index in [0.717, 1.165) is 13.1 Å². The number of morpholine rings is 1. The van der Waals surface area contributed by atoms with Gasteiger partial charge in [0.2, 0.25) is 0 Å². The lowest BCUT2D eigenvalue weighted by Gasteiger charge is -2.35. The van der Waals surface area contributed by atoms with Gasteiger partial charge in [-0.15, -0.1) is 0 Å². The fourth-order valence-electron chi connectivity index (χ4n) is 3.42. The molecule has 0 aliphatic carbocycles. The second-order valence-corrected chi connectivity index (χ2v) is 6.89. The van der Waals surface area contributed by atoms with Crippen LogP contribution in [0.15, 0.2) is 48.8 Å². The van der Waals surface area contributed by atoms with Crippen molar-refractivity contribution in [1.82, 2.24) is 14.9 Å². The average Bonchev–Trinajstić information content (AvgIpc) is 2.71. The van der Waals surface area contributed by atoms with Crippen molar-refractivity contribution >= 4 is 28.3 Å². The maximum Gasteiger partial charge on any atom is 0.149 e. The van der Waals surface area contributed by atoms with E-state index in [1.165, 1.54) is 18.0 Å². The van der Waals surface area contributed by atoms with Crippen LogP contribution in [0.1, 0.15) is 11.6 Å². The highest BCUT2D eigenvalue weighted by atomic mass is 35.5. The lowest BCUT2D eigenvalue weighted by molar-refractivity contribution is 0.0187. The minimum atomic E-state index is -0.347. The van der Waals surface area contributed by atoms with Crippen LogP contribution in [-0.2, 0) is 4.74 Å². The van der Waals surface area contributed by atoms with Crippen LogP contribution in [-0.4, -0.2) is 47.7 Å². The normalized spacial score (nSPS) is 16.4. The van der Waals surface area contributed by atoms with E-state index in [2.05, 4.69) is 20.2 Å². The summed E-state index contributed by atoms with van der Waals surface area (Å²) in [4.78, 5) is 10.8. The van der Waals surface area contributed by atoms with E-state index in [9.17, 15) is 4.39 Å². The monoisotopic (exact) mass is 386 g/mol. The van der Waals surface area contributed by atoms with Gasteiger partial charge in [0, 0.05) is 30.0 Å². The van der Waals surface area contributed by atoms with Crippen LogP contribution in [0.5, 0.6) is 0 Å². The van der Waals surface area contributed by atoms with Gasteiger partial charge in [0.05, 0.1) is 19.3 Å². The third-order valence-corrected chi connectivity index (χ3v) is 5.07. The van der Waals surface area contributed by atoms with Crippen molar-refractivity contribution in [3.05, 3.63) is 65.2 Å². The number of para-hydroxylation sites is 1. The van der Waals surface area contributed by atoms with E-state index >= 15 is 0 Å². The molecular formula is C20H20ClFN4O. The van der Waals surface area contributed by atoms with Gasteiger partial charge in [-0.1, -0.05) is 29.8 Å². The molecule has 3 aromatic rings. The molecule has 7 heteroatoms. The summed E-state index contributed by atoms with van der Waals surface area (Å²) in [6, 6.07) is 12.9. The van der Waals surface area contributed by atoms with Gasteiger partial charge >= 0.3 is 0 Å². The fourth-order valence-corrected chi connectivity index (χ4v) is 3.54. The lowest BCUT2D eigenvalue weighted by Crippen LogP contribution is -2.41. The van der Waals surface area contributed by atoms with E-state index in [-0.39, 0.29) is 11.9 Å². The van der Waals surface area contributed by atoms with Crippen molar-refractivity contribution < 1.29 is 9.13 Å². The molecule has 1 N–H and O–H groups in total. The van der Waals surface area contributed by atoms with Crippen LogP contribution in [0.2, 0.25) is 5.02 Å². The first-order chi connectivity index (χ1) is 13.2. The molecule has 1 unspecified atom stereocenters. The van der Waals surface area contributed by atoms with Crippen LogP contribution in [0, 0.1) is 5.82 Å². The highest BCUT2D eigenvalue weighted by Gasteiger charge is 2.23. The van der Waals surface area contributed by atoms with E-state index in [1.807, 2.05) is 30.3 Å². The zero-order valence-electron chi connectivity index (χ0n) is 14.7. The molecule has 1 fully saturated rings. The first kappa shape index (κ1) is 18.1. The van der Waals surface area contributed by atoms with Gasteiger partial charge in [0.25, 0.3) is 0 Å². The molecule has 2 aromatic carbocycles. The molecule has 1 aromatic heterocycles. The summed E-state index contributed by atoms with van der Waals surface area (Å²) in [5.74, 6) is 0.284. The molecule has 27 heavy (non-hydrogen) atoms. The Morgan fingerprint density at radius 2 is 1.89 bits per heavy atom. The molecule has 0 saturated carbocycles. The van der Waals surface area contributed by atoms with Crippen LogP contribution < -0.4 is 5.32 Å². The van der Waals surface area contributed by atoms with Crippen molar-refractivity contribution in [3.8, 4) is 0 Å². The van der Waals surface area contributed by atoms with E-state index in [4.69, 9.17) is 16.3 Å². The summed E-state index contributed by atoms with van der Waals surface area (Å²) in [5, 5.41) is 4.78. The summed E-state index contributed by atoms with van der Waals surface area (Å²) in [6.45, 7) is 3.77. The summed E-state index contributed by atoms with van der Waals surface area (Å²) >= 11 is 6.05. The second-order valence-electron chi connectivity index (χ2n) is 6.45. The van der Waals surface area contributed by atoms with Crippen LogP contribution >= 0.6 is 11.6 Å². The molecule has 140 valence electrons. The van der Waals surface area contributed by atoms with E-state index in [1.54, 1.807) is 6.07 Å². The van der Waals surface area contributed by atoms with Crippen molar-refractivity contribution in [2.24, 2.45) is 0 Å². The summed E-state index contributed by atoms with van der Waals surface area (Å²) in [7, 11) is 0. The predicted octanol–water partition coefficient (Wildman–Crippen LogP) is 3.91. The molecular weight excluding hydrogens is 367 g/mol. The van der Waals surface area contributed by atoms with Crippen LogP contribution in [0.25, 0.3) is 10.9 Å². The maximum atomic E-state index is 14.0. The average molecular weight is 387 g/mol. The molecule has 1 aliphatic rings. The zero-order valence-corrected chi connectivity index (χ0v) is 15.5. The molecule has 0 bridgehead atoms. The quantitative estimate of drug-likeness (QED) is 0.720. The van der Waals surface area contributed by atoms with Gasteiger partial charge in [-0.2, -0.15) is 0 Å². The number of hydrogen-bond donors (Lipinski definition) is 1. The Balaban J connectivity index is 1.60. The van der Waals surface area contributed by atoms with Crippen molar-refractivity contribution in [3.63, 3.8) is 0 Å². The Bertz CT molecular complexity index is 916. The molecule has 5 nitrogen and oxygen atoms in total. The number of fused-ring (bicyclic) bond motifs is 1. The predicted molar refractivity (Wildman–Crippen MR) is 105 cm³/mol. The number of hydrogen-bond acceptors (Lipinski definition) is 5. The highest BCUT2D eigenvalue weighted by molar-refractivity contribution is 6.30. The first-order valence-electron chi connectivity index (χ1n) is 8.93. The van der Waals surface area contributed by atoms with Gasteiger partial charge in [-0.25, -0.2) is 14.4 Å². The Morgan fingerprint density at radius 3 is 2.67 bits per heavy atom. The zero-order chi connectivity index (χ0) is 18.6. The minimum Gasteiger partial charge on any atom is -0.379 e. The molecule has 1 saturated heterocycles. The first-order valence-corrected chi connectivity index (χ1v) is 9.30. The highest BCUT2D eigenvalue weighted by Crippen LogP contribution is 2.26. The SMILES string of the molecule is Fc1cccc2c(NCC(c3ccc(Cl)cc3)N3CCOCC3)ncnc12. The maximum absolute atomic E-state index is 14.0. The lowest BCUT2D eigenvalue weighted by atomic mass is 10.0. The van der Waals surface area contributed by atoms with Gasteiger partial charge in [0.1, 0.15) is 23.5 Å². The van der Waals surface area contributed by atoms with E-state index < -0.39 is 0 Å². The topological polar surface area (TPSA) is 50.3 Å². The largest absolute Gasteiger partial charge is 0.379 e. The third-order valence-electron chi connectivity index (χ3n) is 4.82. The van der Waals surface area contributed by atoms with Crippen molar-refractivity contribution in [2.45, 2.75) is 6.04 Å². The molecule has 4 rings (SSSR count). The van der Waals surface area contributed by atoms with Gasteiger partial charge in [-0.3, -0.25) is 4.90 Å². The summed E-state index contributed by atoms with van der Waals surface area (Å²) < 4.78 is 19.5. The number of rotatable bonds is 5. The van der Waals surface area contributed by atoms with Gasteiger partial charge in [-0.05, 0) is 29.8 Å². The molecule has 0 radical (unpaired) electrons. The number of aromatic nitrogens is 2. The number of nitrogens with one attached hydrogen (secondary N) is 1. The Labute approximate surface area is 162 Å².